The molecule has 1 fully saturated rings. The third-order valence-electron chi connectivity index (χ3n) is 3.25. The van der Waals surface area contributed by atoms with Gasteiger partial charge in [-0.1, -0.05) is 11.6 Å². The van der Waals surface area contributed by atoms with Crippen molar-refractivity contribution in [1.29, 1.82) is 0 Å². The molecule has 2 rings (SSSR count). The van der Waals surface area contributed by atoms with Gasteiger partial charge in [0.15, 0.2) is 0 Å². The number of hydrogen-bond acceptors (Lipinski definition) is 3. The van der Waals surface area contributed by atoms with Crippen LogP contribution < -0.4 is 5.32 Å². The third-order valence-corrected chi connectivity index (χ3v) is 4.22. The fourth-order valence-corrected chi connectivity index (χ4v) is 2.77. The number of thioether (sulfide) groups is 1. The van der Waals surface area contributed by atoms with Gasteiger partial charge in [-0.05, 0) is 42.8 Å². The Labute approximate surface area is 140 Å². The third kappa shape index (κ3) is 5.31. The average molecular weight is 367 g/mol. The number of halogens is 4. The van der Waals surface area contributed by atoms with E-state index in [-0.39, 0.29) is 22.2 Å². The van der Waals surface area contributed by atoms with Crippen LogP contribution in [0.4, 0.5) is 18.9 Å². The summed E-state index contributed by atoms with van der Waals surface area (Å²) in [5.74, 6) is -1.89. The highest BCUT2D eigenvalue weighted by Gasteiger charge is 2.29. The highest BCUT2D eigenvalue weighted by Crippen LogP contribution is 2.30. The summed E-state index contributed by atoms with van der Waals surface area (Å²) in [4.78, 5) is 25.7. The number of likely N-dealkylation sites (tertiary alicyclic amines) is 1. The number of nitrogens with one attached hydrogen (secondary N) is 1. The van der Waals surface area contributed by atoms with Crippen LogP contribution in [0.25, 0.3) is 0 Å². The molecule has 0 aliphatic carbocycles. The van der Waals surface area contributed by atoms with Gasteiger partial charge in [0.2, 0.25) is 5.91 Å². The van der Waals surface area contributed by atoms with Gasteiger partial charge in [-0.25, -0.2) is 0 Å². The molecule has 1 heterocycles. The first-order chi connectivity index (χ1) is 10.8. The molecule has 1 aromatic rings. The summed E-state index contributed by atoms with van der Waals surface area (Å²) in [5.41, 5.74) is -4.14. The van der Waals surface area contributed by atoms with Crippen molar-refractivity contribution < 1.29 is 22.8 Å². The first-order valence-corrected chi connectivity index (χ1v) is 8.22. The highest BCUT2D eigenvalue weighted by atomic mass is 35.5. The number of nitrogens with zero attached hydrogens (tertiary/aromatic N) is 1. The Balaban J connectivity index is 2.12. The van der Waals surface area contributed by atoms with Crippen molar-refractivity contribution in [2.24, 2.45) is 0 Å². The maximum atomic E-state index is 12.4. The maximum absolute atomic E-state index is 12.4. The SMILES string of the molecule is O=C(CSC(F)(F)F)Nc1cc(Cl)ccc1C(=O)N1CCCC1. The second kappa shape index (κ2) is 7.44. The van der Waals surface area contributed by atoms with Crippen molar-refractivity contribution in [2.45, 2.75) is 18.3 Å². The molecular weight excluding hydrogens is 353 g/mol. The standard InChI is InChI=1S/C14H14ClF3N2O2S/c15-9-3-4-10(13(22)20-5-1-2-6-20)11(7-9)19-12(21)8-23-14(16,17)18/h3-4,7H,1-2,5-6,8H2,(H,19,21). The lowest BCUT2D eigenvalue weighted by Crippen LogP contribution is -2.29. The van der Waals surface area contributed by atoms with E-state index in [2.05, 4.69) is 5.32 Å². The zero-order valence-electron chi connectivity index (χ0n) is 12.0. The number of carbonyl (C=O) groups excluding carboxylic acids is 2. The molecule has 0 spiro atoms. The van der Waals surface area contributed by atoms with Gasteiger partial charge in [0.25, 0.3) is 5.91 Å². The van der Waals surface area contributed by atoms with Gasteiger partial charge in [0.05, 0.1) is 17.0 Å². The van der Waals surface area contributed by atoms with Gasteiger partial charge in [0.1, 0.15) is 0 Å². The first-order valence-electron chi connectivity index (χ1n) is 6.85. The number of anilines is 1. The molecule has 1 N–H and O–H groups in total. The van der Waals surface area contributed by atoms with Gasteiger partial charge in [-0.3, -0.25) is 9.59 Å². The number of benzene rings is 1. The van der Waals surface area contributed by atoms with Crippen LogP contribution in [0.3, 0.4) is 0 Å². The highest BCUT2D eigenvalue weighted by molar-refractivity contribution is 8.00. The van der Waals surface area contributed by atoms with Crippen LogP contribution in [0, 0.1) is 0 Å². The van der Waals surface area contributed by atoms with Crippen LogP contribution in [0.1, 0.15) is 23.2 Å². The molecule has 0 radical (unpaired) electrons. The van der Waals surface area contributed by atoms with Gasteiger partial charge in [-0.15, -0.1) is 0 Å². The van der Waals surface area contributed by atoms with E-state index in [4.69, 9.17) is 11.6 Å². The Morgan fingerprint density at radius 3 is 2.52 bits per heavy atom. The number of alkyl halides is 3. The molecule has 0 bridgehead atoms. The molecule has 2 amide bonds. The minimum Gasteiger partial charge on any atom is -0.339 e. The van der Waals surface area contributed by atoms with Crippen LogP contribution in [0.15, 0.2) is 18.2 Å². The van der Waals surface area contributed by atoms with Gasteiger partial charge >= 0.3 is 5.51 Å². The summed E-state index contributed by atoms with van der Waals surface area (Å²) in [5, 5.41) is 2.62. The summed E-state index contributed by atoms with van der Waals surface area (Å²) >= 11 is 5.42. The molecule has 4 nitrogen and oxygen atoms in total. The van der Waals surface area contributed by atoms with Crippen LogP contribution in [-0.2, 0) is 4.79 Å². The smallest absolute Gasteiger partial charge is 0.339 e. The Hall–Kier alpha value is -1.41. The molecule has 9 heteroatoms. The van der Waals surface area contributed by atoms with E-state index in [9.17, 15) is 22.8 Å². The molecule has 1 saturated heterocycles. The molecule has 126 valence electrons. The molecule has 1 aliphatic heterocycles. The van der Waals surface area contributed by atoms with Gasteiger partial charge in [-0.2, -0.15) is 13.2 Å². The normalized spacial score (nSPS) is 14.9. The zero-order valence-corrected chi connectivity index (χ0v) is 13.5. The van der Waals surface area contributed by atoms with Crippen LogP contribution in [-0.4, -0.2) is 41.1 Å². The molecule has 0 unspecified atom stereocenters. The van der Waals surface area contributed by atoms with Crippen molar-refractivity contribution in [1.82, 2.24) is 4.90 Å². The topological polar surface area (TPSA) is 49.4 Å². The molecule has 1 aliphatic rings. The second-order valence-corrected chi connectivity index (χ2v) is 6.45. The summed E-state index contributed by atoms with van der Waals surface area (Å²) in [6, 6.07) is 4.33. The van der Waals surface area contributed by atoms with Crippen LogP contribution in [0.5, 0.6) is 0 Å². The predicted molar refractivity (Wildman–Crippen MR) is 83.7 cm³/mol. The number of amides is 2. The Bertz CT molecular complexity index is 604. The average Bonchev–Trinajstić information content (AvgIpc) is 2.98. The van der Waals surface area contributed by atoms with Crippen LogP contribution in [0.2, 0.25) is 5.02 Å². The van der Waals surface area contributed by atoms with E-state index in [1.165, 1.54) is 18.2 Å². The number of carbonyl (C=O) groups is 2. The fraction of sp³-hybridized carbons (Fsp3) is 0.429. The molecule has 23 heavy (non-hydrogen) atoms. The first kappa shape index (κ1) is 17.9. The minimum absolute atomic E-state index is 0.127. The van der Waals surface area contributed by atoms with Crippen molar-refractivity contribution >= 4 is 40.9 Å². The second-order valence-electron chi connectivity index (χ2n) is 4.97. The van der Waals surface area contributed by atoms with E-state index in [1.54, 1.807) is 4.90 Å². The van der Waals surface area contributed by atoms with Gasteiger partial charge < -0.3 is 10.2 Å². The van der Waals surface area contributed by atoms with Crippen molar-refractivity contribution in [2.75, 3.05) is 24.2 Å². The fourth-order valence-electron chi connectivity index (χ4n) is 2.23. The molecule has 0 aromatic heterocycles. The molecule has 1 aromatic carbocycles. The summed E-state index contributed by atoms with van der Waals surface area (Å²) < 4.78 is 36.4. The van der Waals surface area contributed by atoms with E-state index < -0.39 is 28.9 Å². The Morgan fingerprint density at radius 2 is 1.91 bits per heavy atom. The Kier molecular flexibility index (Phi) is 5.80. The summed E-state index contributed by atoms with van der Waals surface area (Å²) in [6.45, 7) is 1.25. The van der Waals surface area contributed by atoms with Crippen molar-refractivity contribution in [3.8, 4) is 0 Å². The lowest BCUT2D eigenvalue weighted by Gasteiger charge is -2.18. The van der Waals surface area contributed by atoms with Crippen LogP contribution >= 0.6 is 23.4 Å². The van der Waals surface area contributed by atoms with E-state index in [1.807, 2.05) is 0 Å². The molecule has 0 atom stereocenters. The van der Waals surface area contributed by atoms with E-state index in [0.717, 1.165) is 12.8 Å². The van der Waals surface area contributed by atoms with Crippen molar-refractivity contribution in [3.63, 3.8) is 0 Å². The number of rotatable bonds is 4. The van der Waals surface area contributed by atoms with E-state index >= 15 is 0 Å². The largest absolute Gasteiger partial charge is 0.442 e. The number of hydrogen-bond donors (Lipinski definition) is 1. The van der Waals surface area contributed by atoms with Gasteiger partial charge in [0, 0.05) is 18.1 Å². The lowest BCUT2D eigenvalue weighted by atomic mass is 10.1. The van der Waals surface area contributed by atoms with E-state index in [0.29, 0.717) is 13.1 Å². The summed E-state index contributed by atoms with van der Waals surface area (Å²) in [7, 11) is 0. The molecule has 0 saturated carbocycles. The maximum Gasteiger partial charge on any atom is 0.442 e. The predicted octanol–water partition coefficient (Wildman–Crippen LogP) is 3.77. The van der Waals surface area contributed by atoms with Crippen molar-refractivity contribution in [3.05, 3.63) is 28.8 Å². The summed E-state index contributed by atoms with van der Waals surface area (Å²) in [6.07, 6.45) is 1.81. The molecular formula is C14H14ClF3N2O2S. The minimum atomic E-state index is -4.49. The lowest BCUT2D eigenvalue weighted by molar-refractivity contribution is -0.114. The Morgan fingerprint density at radius 1 is 1.26 bits per heavy atom. The zero-order chi connectivity index (χ0) is 17.0. The monoisotopic (exact) mass is 366 g/mol. The quantitative estimate of drug-likeness (QED) is 0.882.